The van der Waals surface area contributed by atoms with Crippen molar-refractivity contribution < 1.29 is 36.7 Å². The second kappa shape index (κ2) is 10.3. The Labute approximate surface area is 186 Å². The molecule has 0 saturated carbocycles. The third kappa shape index (κ3) is 6.42. The molecule has 2 N–H and O–H groups in total. The van der Waals surface area contributed by atoms with Crippen molar-refractivity contribution in [2.45, 2.75) is 12.7 Å². The van der Waals surface area contributed by atoms with Crippen LogP contribution >= 0.6 is 0 Å². The van der Waals surface area contributed by atoms with E-state index in [1.54, 1.807) is 16.4 Å². The monoisotopic (exact) mass is 468 g/mol. The van der Waals surface area contributed by atoms with Crippen molar-refractivity contribution in [3.8, 4) is 0 Å². The van der Waals surface area contributed by atoms with Crippen LogP contribution in [0.2, 0.25) is 0 Å². The number of rotatable bonds is 4. The molecule has 0 unspecified atom stereocenters. The number of urea groups is 1. The zero-order chi connectivity index (χ0) is 24.0. The Bertz CT molecular complexity index is 1010. The van der Waals surface area contributed by atoms with Gasteiger partial charge in [-0.2, -0.15) is 13.2 Å². The summed E-state index contributed by atoms with van der Waals surface area (Å²) in [6.45, 7) is 1.59. The highest BCUT2D eigenvalue weighted by Gasteiger charge is 2.39. The zero-order valence-electron chi connectivity index (χ0n) is 17.2. The number of anilines is 1. The minimum absolute atomic E-state index is 0.0157. The minimum atomic E-state index is -5.13. The molecule has 0 atom stereocenters. The number of carbonyl (C=O) groups is 3. The van der Waals surface area contributed by atoms with Crippen LogP contribution in [0.3, 0.4) is 0 Å². The van der Waals surface area contributed by atoms with Gasteiger partial charge in [0, 0.05) is 24.3 Å². The first-order chi connectivity index (χ1) is 15.6. The number of ether oxygens (including phenoxy) is 1. The number of amides is 4. The lowest BCUT2D eigenvalue weighted by Gasteiger charge is -2.33. The Morgan fingerprint density at radius 2 is 1.67 bits per heavy atom. The van der Waals surface area contributed by atoms with Crippen LogP contribution in [0.1, 0.15) is 15.9 Å². The number of benzene rings is 2. The molecule has 0 aromatic heterocycles. The molecule has 8 nitrogen and oxygen atoms in total. The number of morpholine rings is 1. The van der Waals surface area contributed by atoms with E-state index in [0.29, 0.717) is 37.6 Å². The molecule has 33 heavy (non-hydrogen) atoms. The first-order valence-corrected chi connectivity index (χ1v) is 9.81. The Balaban J connectivity index is 1.72. The maximum atomic E-state index is 13.8. The van der Waals surface area contributed by atoms with Gasteiger partial charge in [0.05, 0.1) is 19.8 Å². The van der Waals surface area contributed by atoms with Gasteiger partial charge in [-0.25, -0.2) is 9.18 Å². The molecule has 2 aromatic rings. The summed E-state index contributed by atoms with van der Waals surface area (Å²) in [5.41, 5.74) is 3.85. The Morgan fingerprint density at radius 1 is 1.00 bits per heavy atom. The highest BCUT2D eigenvalue weighted by atomic mass is 19.4. The van der Waals surface area contributed by atoms with Crippen molar-refractivity contribution in [1.29, 1.82) is 0 Å². The van der Waals surface area contributed by atoms with Crippen LogP contribution in [-0.2, 0) is 16.1 Å². The highest BCUT2D eigenvalue weighted by Crippen LogP contribution is 2.21. The van der Waals surface area contributed by atoms with Crippen molar-refractivity contribution in [3.05, 3.63) is 65.5 Å². The first-order valence-electron chi connectivity index (χ1n) is 9.81. The van der Waals surface area contributed by atoms with Crippen molar-refractivity contribution in [2.75, 3.05) is 31.2 Å². The topological polar surface area (TPSA) is 91.0 Å². The quantitative estimate of drug-likeness (QED) is 0.533. The van der Waals surface area contributed by atoms with E-state index in [0.717, 1.165) is 0 Å². The van der Waals surface area contributed by atoms with E-state index in [1.165, 1.54) is 52.8 Å². The summed E-state index contributed by atoms with van der Waals surface area (Å²) in [6.07, 6.45) is -5.13. The third-order valence-corrected chi connectivity index (χ3v) is 4.74. The lowest BCUT2D eigenvalue weighted by atomic mass is 10.1. The van der Waals surface area contributed by atoms with Gasteiger partial charge in [0.25, 0.3) is 5.91 Å². The number of alkyl halides is 3. The molecule has 1 saturated heterocycles. The number of hydrogen-bond donors (Lipinski definition) is 2. The Morgan fingerprint density at radius 3 is 2.27 bits per heavy atom. The van der Waals surface area contributed by atoms with Gasteiger partial charge in [-0.3, -0.25) is 25.3 Å². The van der Waals surface area contributed by atoms with E-state index >= 15 is 0 Å². The second-order valence-electron chi connectivity index (χ2n) is 7.05. The predicted molar refractivity (Wildman–Crippen MR) is 108 cm³/mol. The lowest BCUT2D eigenvalue weighted by molar-refractivity contribution is -0.174. The molecule has 12 heteroatoms. The average molecular weight is 468 g/mol. The van der Waals surface area contributed by atoms with E-state index in [4.69, 9.17) is 4.74 Å². The van der Waals surface area contributed by atoms with Crippen LogP contribution in [0.4, 0.5) is 28.0 Å². The van der Waals surface area contributed by atoms with Gasteiger partial charge in [-0.05, 0) is 35.9 Å². The molecule has 2 aromatic carbocycles. The van der Waals surface area contributed by atoms with Gasteiger partial charge < -0.3 is 9.64 Å². The summed E-state index contributed by atoms with van der Waals surface area (Å²) >= 11 is 0. The third-order valence-electron chi connectivity index (χ3n) is 4.74. The molecule has 176 valence electrons. The SMILES string of the molecule is O=C(NNC(=O)C(F)(F)F)c1ccc(CN(C(=O)N2CCOCC2)c2cccc(F)c2)cc1. The van der Waals surface area contributed by atoms with Crippen LogP contribution < -0.4 is 15.8 Å². The first kappa shape index (κ1) is 24.0. The maximum absolute atomic E-state index is 13.8. The number of nitrogens with zero attached hydrogens (tertiary/aromatic N) is 2. The van der Waals surface area contributed by atoms with Crippen LogP contribution in [0.5, 0.6) is 0 Å². The summed E-state index contributed by atoms with van der Waals surface area (Å²) in [5, 5.41) is 0. The van der Waals surface area contributed by atoms with Crippen molar-refractivity contribution in [2.24, 2.45) is 0 Å². The number of halogens is 4. The molecule has 3 rings (SSSR count). The van der Waals surface area contributed by atoms with E-state index in [9.17, 15) is 31.9 Å². The normalized spacial score (nSPS) is 13.9. The fourth-order valence-electron chi connectivity index (χ4n) is 3.04. The van der Waals surface area contributed by atoms with Crippen molar-refractivity contribution in [1.82, 2.24) is 15.8 Å². The summed E-state index contributed by atoms with van der Waals surface area (Å²) in [7, 11) is 0. The summed E-state index contributed by atoms with van der Waals surface area (Å²) in [4.78, 5) is 38.8. The summed E-state index contributed by atoms with van der Waals surface area (Å²) in [5.74, 6) is -3.77. The van der Waals surface area contributed by atoms with Crippen LogP contribution in [-0.4, -0.2) is 55.2 Å². The molecular weight excluding hydrogens is 448 g/mol. The molecule has 1 aliphatic heterocycles. The van der Waals surface area contributed by atoms with Crippen molar-refractivity contribution in [3.63, 3.8) is 0 Å². The van der Waals surface area contributed by atoms with Crippen LogP contribution in [0, 0.1) is 5.82 Å². The smallest absolute Gasteiger partial charge is 0.378 e. The molecule has 0 spiro atoms. The molecule has 1 heterocycles. The molecule has 1 fully saturated rings. The predicted octanol–water partition coefficient (Wildman–Crippen LogP) is 2.61. The fraction of sp³-hybridized carbons (Fsp3) is 0.286. The largest absolute Gasteiger partial charge is 0.472 e. The molecule has 0 aliphatic carbocycles. The van der Waals surface area contributed by atoms with Gasteiger partial charge in [-0.15, -0.1) is 0 Å². The van der Waals surface area contributed by atoms with E-state index < -0.39 is 23.8 Å². The fourth-order valence-corrected chi connectivity index (χ4v) is 3.04. The zero-order valence-corrected chi connectivity index (χ0v) is 17.2. The van der Waals surface area contributed by atoms with E-state index in [2.05, 4.69) is 0 Å². The van der Waals surface area contributed by atoms with Crippen LogP contribution in [0.15, 0.2) is 48.5 Å². The number of nitrogens with one attached hydrogen (secondary N) is 2. The van der Waals surface area contributed by atoms with Crippen LogP contribution in [0.25, 0.3) is 0 Å². The Kier molecular flexibility index (Phi) is 7.48. The number of hydrogen-bond acceptors (Lipinski definition) is 4. The molecule has 4 amide bonds. The van der Waals surface area contributed by atoms with E-state index in [-0.39, 0.29) is 18.1 Å². The van der Waals surface area contributed by atoms with Gasteiger partial charge in [0.2, 0.25) is 0 Å². The lowest BCUT2D eigenvalue weighted by Crippen LogP contribution is -2.48. The van der Waals surface area contributed by atoms with Gasteiger partial charge in [-0.1, -0.05) is 18.2 Å². The van der Waals surface area contributed by atoms with Gasteiger partial charge in [0.15, 0.2) is 0 Å². The van der Waals surface area contributed by atoms with Gasteiger partial charge >= 0.3 is 18.1 Å². The van der Waals surface area contributed by atoms with E-state index in [1.807, 2.05) is 0 Å². The number of carbonyl (C=O) groups excluding carboxylic acids is 3. The average Bonchev–Trinajstić information content (AvgIpc) is 2.80. The molecule has 0 radical (unpaired) electrons. The summed E-state index contributed by atoms with van der Waals surface area (Å²) < 4.78 is 55.7. The standard InChI is InChI=1S/C21H20F4N4O4/c22-16-2-1-3-17(12-16)29(20(32)28-8-10-33-11-9-28)13-14-4-6-15(7-5-14)18(30)26-27-19(31)21(23,24)25/h1-7,12H,8-11,13H2,(H,26,30)(H,27,31). The summed E-state index contributed by atoms with van der Waals surface area (Å²) in [6, 6.07) is 10.9. The molecule has 0 bridgehead atoms. The van der Waals surface area contributed by atoms with Crippen molar-refractivity contribution >= 4 is 23.5 Å². The highest BCUT2D eigenvalue weighted by molar-refractivity contribution is 5.96. The Hall–Kier alpha value is -3.67. The number of hydrazine groups is 1. The van der Waals surface area contributed by atoms with Gasteiger partial charge in [0.1, 0.15) is 5.82 Å². The maximum Gasteiger partial charge on any atom is 0.472 e. The molecule has 1 aliphatic rings. The molecular formula is C21H20F4N4O4. The minimum Gasteiger partial charge on any atom is -0.378 e. The second-order valence-corrected chi connectivity index (χ2v) is 7.05.